The number of pyridine rings is 1. The fraction of sp³-hybridized carbons (Fsp3) is 0.417. The highest BCUT2D eigenvalue weighted by Gasteiger charge is 2.20. The number of hydrogen-bond acceptors (Lipinski definition) is 5. The number of benzene rings is 1. The molecule has 2 N–H and O–H groups in total. The van der Waals surface area contributed by atoms with E-state index in [1.807, 2.05) is 30.3 Å². The summed E-state index contributed by atoms with van der Waals surface area (Å²) in [6, 6.07) is 9.48. The number of anilines is 1. The van der Waals surface area contributed by atoms with Gasteiger partial charge in [0.05, 0.1) is 0 Å². The zero-order valence-electron chi connectivity index (χ0n) is 18.7. The Labute approximate surface area is 182 Å². The minimum absolute atomic E-state index is 0.0274. The van der Waals surface area contributed by atoms with Gasteiger partial charge in [-0.2, -0.15) is 5.26 Å². The van der Waals surface area contributed by atoms with Gasteiger partial charge in [-0.3, -0.25) is 14.4 Å². The number of esters is 1. The molecule has 0 aliphatic carbocycles. The van der Waals surface area contributed by atoms with E-state index in [1.165, 1.54) is 6.92 Å². The predicted molar refractivity (Wildman–Crippen MR) is 119 cm³/mol. The topological polar surface area (TPSA) is 112 Å². The molecule has 0 aliphatic rings. The van der Waals surface area contributed by atoms with E-state index in [0.717, 1.165) is 17.5 Å². The van der Waals surface area contributed by atoms with Crippen molar-refractivity contribution in [1.29, 1.82) is 5.26 Å². The zero-order chi connectivity index (χ0) is 23.1. The molecule has 164 valence electrons. The van der Waals surface area contributed by atoms with Crippen LogP contribution in [-0.2, 0) is 20.7 Å². The van der Waals surface area contributed by atoms with Crippen LogP contribution in [0.4, 0.5) is 5.69 Å². The number of aryl methyl sites for hydroxylation is 1. The molecule has 31 heavy (non-hydrogen) atoms. The van der Waals surface area contributed by atoms with Crippen molar-refractivity contribution in [3.63, 3.8) is 0 Å². The first-order chi connectivity index (χ1) is 14.7. The van der Waals surface area contributed by atoms with Crippen molar-refractivity contribution in [2.45, 2.75) is 65.9 Å². The first-order valence-corrected chi connectivity index (χ1v) is 10.4. The van der Waals surface area contributed by atoms with Crippen LogP contribution in [0.25, 0.3) is 0 Å². The molecule has 1 aromatic carbocycles. The summed E-state index contributed by atoms with van der Waals surface area (Å²) in [7, 11) is 0. The molecular formula is C24H29N3O4. The van der Waals surface area contributed by atoms with Gasteiger partial charge in [0.1, 0.15) is 11.6 Å². The van der Waals surface area contributed by atoms with Gasteiger partial charge in [-0.1, -0.05) is 32.0 Å². The van der Waals surface area contributed by atoms with E-state index in [0.29, 0.717) is 23.4 Å². The number of nitrogens with zero attached hydrogens (tertiary/aromatic N) is 1. The van der Waals surface area contributed by atoms with Crippen LogP contribution in [0.1, 0.15) is 67.5 Å². The minimum Gasteiger partial charge on any atom is -0.453 e. The first-order valence-electron chi connectivity index (χ1n) is 10.4. The van der Waals surface area contributed by atoms with Gasteiger partial charge in [0.25, 0.3) is 11.5 Å². The molecule has 1 aromatic heterocycles. The van der Waals surface area contributed by atoms with Crippen LogP contribution in [0.2, 0.25) is 0 Å². The lowest BCUT2D eigenvalue weighted by Crippen LogP contribution is -2.30. The van der Waals surface area contributed by atoms with Gasteiger partial charge in [-0.25, -0.2) is 0 Å². The average molecular weight is 424 g/mol. The summed E-state index contributed by atoms with van der Waals surface area (Å²) >= 11 is 0. The number of hydrogen-bond donors (Lipinski definition) is 2. The van der Waals surface area contributed by atoms with E-state index in [4.69, 9.17) is 10.00 Å². The van der Waals surface area contributed by atoms with Crippen molar-refractivity contribution < 1.29 is 14.3 Å². The maximum atomic E-state index is 12.6. The van der Waals surface area contributed by atoms with Crippen LogP contribution in [0.3, 0.4) is 0 Å². The molecule has 2 rings (SSSR count). The molecule has 1 amide bonds. The van der Waals surface area contributed by atoms with E-state index >= 15 is 0 Å². The van der Waals surface area contributed by atoms with Crippen molar-refractivity contribution in [1.82, 2.24) is 4.98 Å². The summed E-state index contributed by atoms with van der Waals surface area (Å²) < 4.78 is 5.30. The summed E-state index contributed by atoms with van der Waals surface area (Å²) in [5.74, 6) is -0.634. The minimum atomic E-state index is -0.954. The van der Waals surface area contributed by atoms with Crippen molar-refractivity contribution in [2.24, 2.45) is 0 Å². The smallest absolute Gasteiger partial charge is 0.306 e. The van der Waals surface area contributed by atoms with Crippen LogP contribution in [-0.4, -0.2) is 23.0 Å². The highest BCUT2D eigenvalue weighted by atomic mass is 16.5. The molecule has 0 saturated heterocycles. The monoisotopic (exact) mass is 423 g/mol. The third kappa shape index (κ3) is 5.82. The van der Waals surface area contributed by atoms with Crippen molar-refractivity contribution in [3.8, 4) is 6.07 Å². The lowest BCUT2D eigenvalue weighted by molar-refractivity contribution is -0.153. The second kappa shape index (κ2) is 10.6. The number of nitrogens with one attached hydrogen (secondary N) is 2. The van der Waals surface area contributed by atoms with Crippen molar-refractivity contribution >= 4 is 17.6 Å². The Kier molecular flexibility index (Phi) is 8.14. The van der Waals surface area contributed by atoms with Gasteiger partial charge in [-0.15, -0.1) is 0 Å². The van der Waals surface area contributed by atoms with E-state index in [2.05, 4.69) is 24.1 Å². The number of nitriles is 1. The van der Waals surface area contributed by atoms with E-state index in [1.54, 1.807) is 13.8 Å². The molecule has 0 saturated carbocycles. The fourth-order valence-electron chi connectivity index (χ4n) is 3.45. The molecule has 0 bridgehead atoms. The van der Waals surface area contributed by atoms with E-state index in [-0.39, 0.29) is 17.9 Å². The number of ether oxygens (including phenoxy) is 1. The van der Waals surface area contributed by atoms with Crippen LogP contribution in [0.5, 0.6) is 0 Å². The number of aromatic nitrogens is 1. The molecule has 7 nitrogen and oxygen atoms in total. The molecule has 1 heterocycles. The van der Waals surface area contributed by atoms with Crippen molar-refractivity contribution in [3.05, 3.63) is 62.6 Å². The van der Waals surface area contributed by atoms with Crippen molar-refractivity contribution in [2.75, 3.05) is 5.32 Å². The van der Waals surface area contributed by atoms with Gasteiger partial charge in [0, 0.05) is 17.8 Å². The summed E-state index contributed by atoms with van der Waals surface area (Å²) in [6.07, 6.45) is 0.311. The number of aromatic amines is 1. The maximum absolute atomic E-state index is 12.6. The Morgan fingerprint density at radius 1 is 1.23 bits per heavy atom. The summed E-state index contributed by atoms with van der Waals surface area (Å²) in [5.41, 5.74) is 3.26. The standard InChI is InChI=1S/C24H29N3O4/c1-6-14(2)18-9-7-8-10-21(18)27-23(29)17(5)31-22(28)12-11-19-15(3)20(13-25)24(30)26-16(19)4/h7-10,14,17H,6,11-12H2,1-5H3,(H,26,30)(H,27,29)/t14-,17+/m1/s1. The number of rotatable bonds is 8. The highest BCUT2D eigenvalue weighted by Crippen LogP contribution is 2.26. The molecule has 0 unspecified atom stereocenters. The van der Waals surface area contributed by atoms with Gasteiger partial charge in [0.2, 0.25) is 0 Å². The Hall–Kier alpha value is -3.40. The molecule has 7 heteroatoms. The maximum Gasteiger partial charge on any atom is 0.306 e. The highest BCUT2D eigenvalue weighted by molar-refractivity contribution is 5.95. The van der Waals surface area contributed by atoms with Crippen LogP contribution in [0.15, 0.2) is 29.1 Å². The van der Waals surface area contributed by atoms with Crippen LogP contribution < -0.4 is 10.9 Å². The quantitative estimate of drug-likeness (QED) is 0.626. The summed E-state index contributed by atoms with van der Waals surface area (Å²) in [5, 5.41) is 12.0. The van der Waals surface area contributed by atoms with E-state index in [9.17, 15) is 14.4 Å². The van der Waals surface area contributed by atoms with Crippen LogP contribution in [0, 0.1) is 25.2 Å². The molecular weight excluding hydrogens is 394 g/mol. The average Bonchev–Trinajstić information content (AvgIpc) is 2.73. The molecule has 0 fully saturated rings. The Morgan fingerprint density at radius 2 is 1.90 bits per heavy atom. The molecule has 0 spiro atoms. The SMILES string of the molecule is CC[C@@H](C)c1ccccc1NC(=O)[C@H](C)OC(=O)CCc1c(C)[nH]c(=O)c(C#N)c1C. The second-order valence-electron chi connectivity index (χ2n) is 7.69. The largest absolute Gasteiger partial charge is 0.453 e. The number of H-pyrrole nitrogens is 1. The summed E-state index contributed by atoms with van der Waals surface area (Å²) in [6.45, 7) is 9.11. The molecule has 0 radical (unpaired) electrons. The number of amides is 1. The Morgan fingerprint density at radius 3 is 2.55 bits per heavy atom. The first kappa shape index (κ1) is 23.9. The Balaban J connectivity index is 2.00. The van der Waals surface area contributed by atoms with E-state index < -0.39 is 23.5 Å². The lowest BCUT2D eigenvalue weighted by Gasteiger charge is -2.18. The zero-order valence-corrected chi connectivity index (χ0v) is 18.7. The lowest BCUT2D eigenvalue weighted by atomic mass is 9.97. The molecule has 2 atom stereocenters. The second-order valence-corrected chi connectivity index (χ2v) is 7.69. The molecule has 2 aromatic rings. The number of carbonyl (C=O) groups excluding carboxylic acids is 2. The fourth-order valence-corrected chi connectivity index (χ4v) is 3.45. The van der Waals surface area contributed by atoms with Crippen LogP contribution >= 0.6 is 0 Å². The summed E-state index contributed by atoms with van der Waals surface area (Å²) in [4.78, 5) is 39.3. The predicted octanol–water partition coefficient (Wildman–Crippen LogP) is 3.88. The van der Waals surface area contributed by atoms with Gasteiger partial charge in [0.15, 0.2) is 6.10 Å². The molecule has 0 aliphatic heterocycles. The Bertz CT molecular complexity index is 1070. The van der Waals surface area contributed by atoms with Gasteiger partial charge >= 0.3 is 5.97 Å². The number of carbonyl (C=O) groups is 2. The third-order valence-electron chi connectivity index (χ3n) is 5.54. The number of para-hydroxylation sites is 1. The normalized spacial score (nSPS) is 12.5. The van der Waals surface area contributed by atoms with Gasteiger partial charge in [-0.05, 0) is 62.3 Å². The third-order valence-corrected chi connectivity index (χ3v) is 5.54. The van der Waals surface area contributed by atoms with Gasteiger partial charge < -0.3 is 15.0 Å².